The zero-order valence-electron chi connectivity index (χ0n) is 13.7. The average Bonchev–Trinajstić information content (AvgIpc) is 2.46. The number of hydrogen-bond donors (Lipinski definition) is 2. The standard InChI is InChI=1S/C16H27N3O2/c1-6-16(2,11-17)15(20)18-13-9-12(10-19(3)4)7-8-14(13)21-5/h7-9H,6,10-11,17H2,1-5H3,(H,18,20). The summed E-state index contributed by atoms with van der Waals surface area (Å²) < 4.78 is 5.33. The van der Waals surface area contributed by atoms with Gasteiger partial charge in [-0.3, -0.25) is 4.79 Å². The van der Waals surface area contributed by atoms with Crippen molar-refractivity contribution in [1.82, 2.24) is 4.90 Å². The van der Waals surface area contributed by atoms with E-state index in [-0.39, 0.29) is 5.91 Å². The number of nitrogens with two attached hydrogens (primary N) is 1. The molecule has 0 spiro atoms. The molecule has 0 heterocycles. The molecule has 0 saturated carbocycles. The van der Waals surface area contributed by atoms with Crippen LogP contribution in [-0.4, -0.2) is 38.6 Å². The fourth-order valence-electron chi connectivity index (χ4n) is 1.99. The van der Waals surface area contributed by atoms with Crippen molar-refractivity contribution in [1.29, 1.82) is 0 Å². The van der Waals surface area contributed by atoms with E-state index < -0.39 is 5.41 Å². The van der Waals surface area contributed by atoms with Crippen LogP contribution in [-0.2, 0) is 11.3 Å². The molecule has 0 aliphatic heterocycles. The summed E-state index contributed by atoms with van der Waals surface area (Å²) in [7, 11) is 5.61. The highest BCUT2D eigenvalue weighted by Crippen LogP contribution is 2.29. The number of amides is 1. The van der Waals surface area contributed by atoms with Crippen molar-refractivity contribution in [3.63, 3.8) is 0 Å². The fourth-order valence-corrected chi connectivity index (χ4v) is 1.99. The van der Waals surface area contributed by atoms with Crippen molar-refractivity contribution in [3.8, 4) is 5.75 Å². The molecule has 0 saturated heterocycles. The van der Waals surface area contributed by atoms with E-state index in [9.17, 15) is 4.79 Å². The van der Waals surface area contributed by atoms with Crippen molar-refractivity contribution in [2.75, 3.05) is 33.1 Å². The molecule has 0 fully saturated rings. The van der Waals surface area contributed by atoms with Gasteiger partial charge in [-0.1, -0.05) is 13.0 Å². The first kappa shape index (κ1) is 17.5. The predicted molar refractivity (Wildman–Crippen MR) is 86.5 cm³/mol. The number of nitrogens with zero attached hydrogens (tertiary/aromatic N) is 1. The van der Waals surface area contributed by atoms with Crippen LogP contribution >= 0.6 is 0 Å². The van der Waals surface area contributed by atoms with E-state index in [1.807, 2.05) is 46.1 Å². The average molecular weight is 293 g/mol. The molecule has 21 heavy (non-hydrogen) atoms. The minimum atomic E-state index is -0.567. The van der Waals surface area contributed by atoms with E-state index in [0.29, 0.717) is 24.4 Å². The molecule has 0 radical (unpaired) electrons. The van der Waals surface area contributed by atoms with Gasteiger partial charge in [0.2, 0.25) is 5.91 Å². The van der Waals surface area contributed by atoms with Crippen LogP contribution in [0, 0.1) is 5.41 Å². The Hall–Kier alpha value is -1.59. The van der Waals surface area contributed by atoms with Crippen LogP contribution in [0.15, 0.2) is 18.2 Å². The SMILES string of the molecule is CCC(C)(CN)C(=O)Nc1cc(CN(C)C)ccc1OC. The second-order valence-corrected chi connectivity index (χ2v) is 5.84. The van der Waals surface area contributed by atoms with Gasteiger partial charge in [0.25, 0.3) is 0 Å². The van der Waals surface area contributed by atoms with Crippen LogP contribution in [0.25, 0.3) is 0 Å². The topological polar surface area (TPSA) is 67.6 Å². The lowest BCUT2D eigenvalue weighted by Gasteiger charge is -2.25. The lowest BCUT2D eigenvalue weighted by Crippen LogP contribution is -2.39. The molecule has 3 N–H and O–H groups in total. The molecule has 5 nitrogen and oxygen atoms in total. The molecule has 1 unspecified atom stereocenters. The summed E-state index contributed by atoms with van der Waals surface area (Å²) in [6.07, 6.45) is 0.690. The minimum Gasteiger partial charge on any atom is -0.495 e. The van der Waals surface area contributed by atoms with Crippen molar-refractivity contribution >= 4 is 11.6 Å². The van der Waals surface area contributed by atoms with Crippen molar-refractivity contribution < 1.29 is 9.53 Å². The van der Waals surface area contributed by atoms with Crippen LogP contribution in [0.1, 0.15) is 25.8 Å². The third-order valence-corrected chi connectivity index (χ3v) is 3.79. The van der Waals surface area contributed by atoms with E-state index in [2.05, 4.69) is 10.2 Å². The van der Waals surface area contributed by atoms with Crippen LogP contribution in [0.2, 0.25) is 0 Å². The highest BCUT2D eigenvalue weighted by atomic mass is 16.5. The van der Waals surface area contributed by atoms with Gasteiger partial charge in [0.15, 0.2) is 0 Å². The molecule has 0 bridgehead atoms. The number of rotatable bonds is 7. The first-order valence-corrected chi connectivity index (χ1v) is 7.19. The second kappa shape index (κ2) is 7.43. The summed E-state index contributed by atoms with van der Waals surface area (Å²) in [6, 6.07) is 5.82. The molecule has 0 aromatic heterocycles. The van der Waals surface area contributed by atoms with E-state index >= 15 is 0 Å². The van der Waals surface area contributed by atoms with Crippen LogP contribution in [0.4, 0.5) is 5.69 Å². The number of methoxy groups -OCH3 is 1. The Morgan fingerprint density at radius 3 is 2.57 bits per heavy atom. The Labute approximate surface area is 127 Å². The number of benzene rings is 1. The quantitative estimate of drug-likeness (QED) is 0.807. The molecule has 118 valence electrons. The Balaban J connectivity index is 3.02. The van der Waals surface area contributed by atoms with Gasteiger partial charge in [-0.25, -0.2) is 0 Å². The molecule has 1 aromatic carbocycles. The highest BCUT2D eigenvalue weighted by molar-refractivity contribution is 5.96. The van der Waals surface area contributed by atoms with Gasteiger partial charge < -0.3 is 20.7 Å². The van der Waals surface area contributed by atoms with Gasteiger partial charge in [-0.2, -0.15) is 0 Å². The second-order valence-electron chi connectivity index (χ2n) is 5.84. The number of hydrogen-bond acceptors (Lipinski definition) is 4. The van der Waals surface area contributed by atoms with Gasteiger partial charge >= 0.3 is 0 Å². The lowest BCUT2D eigenvalue weighted by atomic mass is 9.86. The van der Waals surface area contributed by atoms with Crippen LogP contribution in [0.3, 0.4) is 0 Å². The van der Waals surface area contributed by atoms with Crippen molar-refractivity contribution in [3.05, 3.63) is 23.8 Å². The zero-order chi connectivity index (χ0) is 16.0. The molecule has 0 aliphatic carbocycles. The van der Waals surface area contributed by atoms with E-state index in [0.717, 1.165) is 12.1 Å². The summed E-state index contributed by atoms with van der Waals surface area (Å²) in [5, 5.41) is 2.96. The third kappa shape index (κ3) is 4.44. The molecule has 0 aliphatic rings. The predicted octanol–water partition coefficient (Wildman–Crippen LogP) is 2.07. The van der Waals surface area contributed by atoms with Gasteiger partial charge in [-0.15, -0.1) is 0 Å². The smallest absolute Gasteiger partial charge is 0.231 e. The van der Waals surface area contributed by atoms with Gasteiger partial charge in [0.1, 0.15) is 5.75 Å². The van der Waals surface area contributed by atoms with E-state index in [1.165, 1.54) is 0 Å². The first-order valence-electron chi connectivity index (χ1n) is 7.19. The third-order valence-electron chi connectivity index (χ3n) is 3.79. The maximum absolute atomic E-state index is 12.4. The number of nitrogens with one attached hydrogen (secondary N) is 1. The van der Waals surface area contributed by atoms with Crippen LogP contribution < -0.4 is 15.8 Å². The Morgan fingerprint density at radius 1 is 1.43 bits per heavy atom. The van der Waals surface area contributed by atoms with E-state index in [4.69, 9.17) is 10.5 Å². The summed E-state index contributed by atoms with van der Waals surface area (Å²) in [5.41, 5.74) is 6.98. The fraction of sp³-hybridized carbons (Fsp3) is 0.562. The molecule has 5 heteroatoms. The summed E-state index contributed by atoms with van der Waals surface area (Å²) >= 11 is 0. The summed E-state index contributed by atoms with van der Waals surface area (Å²) in [6.45, 7) is 4.95. The Bertz CT molecular complexity index is 482. The van der Waals surface area contributed by atoms with Crippen molar-refractivity contribution in [2.24, 2.45) is 11.1 Å². The Kier molecular flexibility index (Phi) is 6.18. The van der Waals surface area contributed by atoms with Gasteiger partial charge in [0, 0.05) is 13.1 Å². The maximum atomic E-state index is 12.4. The number of ether oxygens (including phenoxy) is 1. The summed E-state index contributed by atoms with van der Waals surface area (Å²) in [5.74, 6) is 0.578. The minimum absolute atomic E-state index is 0.0761. The highest BCUT2D eigenvalue weighted by Gasteiger charge is 2.30. The first-order chi connectivity index (χ1) is 9.86. The Morgan fingerprint density at radius 2 is 2.10 bits per heavy atom. The normalized spacial score (nSPS) is 13.9. The number of carbonyl (C=O) groups excluding carboxylic acids is 1. The maximum Gasteiger partial charge on any atom is 0.231 e. The molecule has 1 amide bonds. The molecular formula is C16H27N3O2. The van der Waals surface area contributed by atoms with Crippen molar-refractivity contribution in [2.45, 2.75) is 26.8 Å². The number of anilines is 1. The van der Waals surface area contributed by atoms with Gasteiger partial charge in [-0.05, 0) is 45.1 Å². The monoisotopic (exact) mass is 293 g/mol. The van der Waals surface area contributed by atoms with Gasteiger partial charge in [0.05, 0.1) is 18.2 Å². The summed E-state index contributed by atoms with van der Waals surface area (Å²) in [4.78, 5) is 14.5. The lowest BCUT2D eigenvalue weighted by molar-refractivity contribution is -0.124. The number of carbonyl (C=O) groups is 1. The van der Waals surface area contributed by atoms with E-state index in [1.54, 1.807) is 7.11 Å². The van der Waals surface area contributed by atoms with Crippen LogP contribution in [0.5, 0.6) is 5.75 Å². The molecule has 1 aromatic rings. The largest absolute Gasteiger partial charge is 0.495 e. The molecule has 1 atom stereocenters. The molecular weight excluding hydrogens is 266 g/mol. The molecule has 1 rings (SSSR count). The zero-order valence-corrected chi connectivity index (χ0v) is 13.7.